The number of rotatable bonds is 2. The molecular weight excluding hydrogens is 404 g/mol. The van der Waals surface area contributed by atoms with E-state index in [0.29, 0.717) is 0 Å². The van der Waals surface area contributed by atoms with Crippen LogP contribution in [0.4, 0.5) is 0 Å². The van der Waals surface area contributed by atoms with Crippen molar-refractivity contribution in [2.24, 2.45) is 0 Å². The second kappa shape index (κ2) is 7.22. The standard InChI is InChI=1S/C26H22N2S2/c1-26(2,3)21-14-18(13-17-7-4-5-9-19(17)21)22-24(29)23(28-15-27-22)20-10-6-8-16-11-12-30-25(16)20/h4-15,29H,1-3H3. The highest BCUT2D eigenvalue weighted by Crippen LogP contribution is 2.40. The molecule has 0 N–H and O–H groups in total. The molecule has 0 radical (unpaired) electrons. The Bertz CT molecular complexity index is 1390. The van der Waals surface area contributed by atoms with Gasteiger partial charge in [0.15, 0.2) is 0 Å². The minimum Gasteiger partial charge on any atom is -0.235 e. The fourth-order valence-corrected chi connectivity index (χ4v) is 5.31. The molecule has 0 amide bonds. The predicted molar refractivity (Wildman–Crippen MR) is 132 cm³/mol. The molecule has 3 aromatic carbocycles. The predicted octanol–water partition coefficient (Wildman–Crippen LogP) is 7.76. The highest BCUT2D eigenvalue weighted by molar-refractivity contribution is 7.80. The van der Waals surface area contributed by atoms with E-state index < -0.39 is 0 Å². The van der Waals surface area contributed by atoms with Gasteiger partial charge in [0, 0.05) is 15.8 Å². The number of hydrogen-bond donors (Lipinski definition) is 1. The van der Waals surface area contributed by atoms with Crippen molar-refractivity contribution < 1.29 is 0 Å². The first kappa shape index (κ1) is 19.3. The summed E-state index contributed by atoms with van der Waals surface area (Å²) < 4.78 is 1.23. The number of aromatic nitrogens is 2. The lowest BCUT2D eigenvalue weighted by atomic mass is 9.82. The van der Waals surface area contributed by atoms with Gasteiger partial charge < -0.3 is 0 Å². The number of fused-ring (bicyclic) bond motifs is 2. The van der Waals surface area contributed by atoms with Gasteiger partial charge in [0.1, 0.15) is 6.33 Å². The van der Waals surface area contributed by atoms with Crippen LogP contribution in [0.25, 0.3) is 43.4 Å². The SMILES string of the molecule is CC(C)(C)c1cc(-c2ncnc(-c3cccc4ccsc34)c2S)cc2ccccc12. The van der Waals surface area contributed by atoms with E-state index in [0.717, 1.165) is 27.4 Å². The molecule has 148 valence electrons. The summed E-state index contributed by atoms with van der Waals surface area (Å²) in [4.78, 5) is 10.1. The molecule has 4 heteroatoms. The lowest BCUT2D eigenvalue weighted by Crippen LogP contribution is -2.12. The first-order chi connectivity index (χ1) is 14.4. The highest BCUT2D eigenvalue weighted by Gasteiger charge is 2.20. The first-order valence-corrected chi connectivity index (χ1v) is 11.3. The fourth-order valence-electron chi connectivity index (χ4n) is 4.03. The monoisotopic (exact) mass is 426 g/mol. The Morgan fingerprint density at radius 2 is 1.60 bits per heavy atom. The molecular formula is C26H22N2S2. The van der Waals surface area contributed by atoms with Gasteiger partial charge in [-0.15, -0.1) is 24.0 Å². The molecule has 0 atom stereocenters. The van der Waals surface area contributed by atoms with Crippen LogP contribution in [0.1, 0.15) is 26.3 Å². The summed E-state index contributed by atoms with van der Waals surface area (Å²) in [6, 6.07) is 21.5. The summed E-state index contributed by atoms with van der Waals surface area (Å²) in [5.74, 6) is 0. The van der Waals surface area contributed by atoms with Crippen LogP contribution in [0.3, 0.4) is 0 Å². The van der Waals surface area contributed by atoms with Crippen molar-refractivity contribution >= 4 is 44.8 Å². The molecule has 0 unspecified atom stereocenters. The van der Waals surface area contributed by atoms with Gasteiger partial charge in [0.2, 0.25) is 0 Å². The van der Waals surface area contributed by atoms with Crippen LogP contribution < -0.4 is 0 Å². The Balaban J connectivity index is 1.76. The Kier molecular flexibility index (Phi) is 4.64. The van der Waals surface area contributed by atoms with E-state index in [-0.39, 0.29) is 5.41 Å². The second-order valence-corrected chi connectivity index (χ2v) is 9.92. The van der Waals surface area contributed by atoms with Crippen molar-refractivity contribution in [3.05, 3.63) is 77.9 Å². The molecule has 0 saturated carbocycles. The molecule has 2 heterocycles. The van der Waals surface area contributed by atoms with Crippen LogP contribution in [0.5, 0.6) is 0 Å². The molecule has 0 bridgehead atoms. The van der Waals surface area contributed by atoms with Crippen LogP contribution >= 0.6 is 24.0 Å². The van der Waals surface area contributed by atoms with Crippen LogP contribution in [0.2, 0.25) is 0 Å². The maximum absolute atomic E-state index is 4.92. The molecule has 0 aliphatic carbocycles. The molecule has 2 nitrogen and oxygen atoms in total. The van der Waals surface area contributed by atoms with Crippen molar-refractivity contribution in [3.63, 3.8) is 0 Å². The van der Waals surface area contributed by atoms with Gasteiger partial charge in [0.05, 0.1) is 16.3 Å². The van der Waals surface area contributed by atoms with E-state index in [2.05, 4.69) is 96.8 Å². The van der Waals surface area contributed by atoms with E-state index in [9.17, 15) is 0 Å². The van der Waals surface area contributed by atoms with E-state index in [1.807, 2.05) is 0 Å². The smallest absolute Gasteiger partial charge is 0.116 e. The summed E-state index contributed by atoms with van der Waals surface area (Å²) in [5.41, 5.74) is 5.25. The first-order valence-electron chi connectivity index (χ1n) is 9.98. The average Bonchev–Trinajstić information content (AvgIpc) is 3.21. The van der Waals surface area contributed by atoms with Crippen LogP contribution in [0, 0.1) is 0 Å². The van der Waals surface area contributed by atoms with Crippen molar-refractivity contribution in [1.82, 2.24) is 9.97 Å². The minimum absolute atomic E-state index is 0.0186. The Morgan fingerprint density at radius 1 is 0.833 bits per heavy atom. The van der Waals surface area contributed by atoms with E-state index in [4.69, 9.17) is 12.6 Å². The molecule has 2 aromatic heterocycles. The highest BCUT2D eigenvalue weighted by atomic mass is 32.1. The van der Waals surface area contributed by atoms with Gasteiger partial charge in [-0.2, -0.15) is 0 Å². The lowest BCUT2D eigenvalue weighted by Gasteiger charge is -2.23. The van der Waals surface area contributed by atoms with Gasteiger partial charge in [0.25, 0.3) is 0 Å². The Labute approximate surface area is 186 Å². The molecule has 0 saturated heterocycles. The fraction of sp³-hybridized carbons (Fsp3) is 0.154. The zero-order chi connectivity index (χ0) is 20.9. The molecule has 0 spiro atoms. The van der Waals surface area contributed by atoms with Crippen molar-refractivity contribution in [2.45, 2.75) is 31.1 Å². The quantitative estimate of drug-likeness (QED) is 0.292. The summed E-state index contributed by atoms with van der Waals surface area (Å²) >= 11 is 6.65. The number of hydrogen-bond acceptors (Lipinski definition) is 4. The maximum Gasteiger partial charge on any atom is 0.116 e. The van der Waals surface area contributed by atoms with E-state index in [1.54, 1.807) is 17.7 Å². The Morgan fingerprint density at radius 3 is 2.43 bits per heavy atom. The number of nitrogens with zero attached hydrogens (tertiary/aromatic N) is 2. The normalized spacial score (nSPS) is 12.0. The Hall–Kier alpha value is -2.69. The van der Waals surface area contributed by atoms with Crippen LogP contribution in [-0.2, 0) is 5.41 Å². The largest absolute Gasteiger partial charge is 0.235 e. The van der Waals surface area contributed by atoms with Gasteiger partial charge in [-0.3, -0.25) is 0 Å². The molecule has 0 fully saturated rings. The third kappa shape index (κ3) is 3.21. The van der Waals surface area contributed by atoms with E-state index in [1.165, 1.54) is 26.4 Å². The number of thiol groups is 1. The van der Waals surface area contributed by atoms with Gasteiger partial charge in [-0.05, 0) is 50.7 Å². The summed E-state index contributed by atoms with van der Waals surface area (Å²) in [6.45, 7) is 6.76. The lowest BCUT2D eigenvalue weighted by molar-refractivity contribution is 0.596. The van der Waals surface area contributed by atoms with Gasteiger partial charge in [-0.1, -0.05) is 63.2 Å². The van der Waals surface area contributed by atoms with Gasteiger partial charge >= 0.3 is 0 Å². The average molecular weight is 427 g/mol. The topological polar surface area (TPSA) is 25.8 Å². The maximum atomic E-state index is 4.92. The van der Waals surface area contributed by atoms with Crippen molar-refractivity contribution in [3.8, 4) is 22.5 Å². The second-order valence-electron chi connectivity index (χ2n) is 8.56. The summed E-state index contributed by atoms with van der Waals surface area (Å²) in [6.07, 6.45) is 1.66. The van der Waals surface area contributed by atoms with Crippen LogP contribution in [0.15, 0.2) is 77.3 Å². The minimum atomic E-state index is 0.0186. The molecule has 5 aromatic rings. The van der Waals surface area contributed by atoms with E-state index >= 15 is 0 Å². The molecule has 0 aliphatic rings. The van der Waals surface area contributed by atoms with Gasteiger partial charge in [-0.25, -0.2) is 9.97 Å². The zero-order valence-corrected chi connectivity index (χ0v) is 18.9. The molecule has 0 aliphatic heterocycles. The third-order valence-corrected chi connectivity index (χ3v) is 6.89. The van der Waals surface area contributed by atoms with Crippen molar-refractivity contribution in [2.75, 3.05) is 0 Å². The van der Waals surface area contributed by atoms with Crippen molar-refractivity contribution in [1.29, 1.82) is 0 Å². The number of thiophene rings is 1. The molecule has 30 heavy (non-hydrogen) atoms. The number of benzene rings is 3. The van der Waals surface area contributed by atoms with Crippen LogP contribution in [-0.4, -0.2) is 9.97 Å². The molecule has 5 rings (SSSR count). The summed E-state index contributed by atoms with van der Waals surface area (Å²) in [7, 11) is 0. The third-order valence-electron chi connectivity index (χ3n) is 5.50. The zero-order valence-electron chi connectivity index (χ0n) is 17.2. The summed E-state index contributed by atoms with van der Waals surface area (Å²) in [5, 5.41) is 5.85.